The lowest BCUT2D eigenvalue weighted by molar-refractivity contribution is 0.100. The first kappa shape index (κ1) is 17.2. The van der Waals surface area contributed by atoms with Crippen molar-refractivity contribution in [2.75, 3.05) is 16.8 Å². The second-order valence-electron chi connectivity index (χ2n) is 5.81. The van der Waals surface area contributed by atoms with Crippen LogP contribution in [0.15, 0.2) is 30.5 Å². The molecule has 0 radical (unpaired) electrons. The van der Waals surface area contributed by atoms with E-state index in [1.165, 1.54) is 35.1 Å². The van der Waals surface area contributed by atoms with E-state index >= 15 is 0 Å². The van der Waals surface area contributed by atoms with Crippen molar-refractivity contribution in [1.29, 1.82) is 5.26 Å². The molecule has 10 heteroatoms. The van der Waals surface area contributed by atoms with Crippen LogP contribution in [-0.4, -0.2) is 36.3 Å². The number of benzene rings is 1. The second kappa shape index (κ2) is 6.36. The fraction of sp³-hybridized carbons (Fsp3) is 0.267. The van der Waals surface area contributed by atoms with E-state index in [2.05, 4.69) is 10.4 Å². The number of halogens is 1. The minimum atomic E-state index is -2.85. The van der Waals surface area contributed by atoms with Crippen LogP contribution in [0.5, 0.6) is 0 Å². The Morgan fingerprint density at radius 1 is 1.40 bits per heavy atom. The number of aromatic nitrogens is 2. The Balaban J connectivity index is 1.93. The molecule has 3 rings (SSSR count). The summed E-state index contributed by atoms with van der Waals surface area (Å²) in [5, 5.41) is 16.4. The highest BCUT2D eigenvalue weighted by molar-refractivity contribution is 8.24. The largest absolute Gasteiger partial charge is 0.365 e. The van der Waals surface area contributed by atoms with Gasteiger partial charge in [0.15, 0.2) is 5.82 Å². The van der Waals surface area contributed by atoms with Crippen LogP contribution < -0.4 is 11.1 Å². The highest BCUT2D eigenvalue weighted by Crippen LogP contribution is 2.52. The van der Waals surface area contributed by atoms with E-state index in [0.29, 0.717) is 5.69 Å². The van der Waals surface area contributed by atoms with Gasteiger partial charge >= 0.3 is 0 Å². The third-order valence-corrected chi connectivity index (χ3v) is 5.73. The van der Waals surface area contributed by atoms with E-state index in [-0.39, 0.29) is 22.9 Å². The lowest BCUT2D eigenvalue weighted by atomic mass is 10.1. The fourth-order valence-electron chi connectivity index (χ4n) is 2.74. The molecule has 0 aliphatic carbocycles. The summed E-state index contributed by atoms with van der Waals surface area (Å²) in [5.74, 6) is -1.65. The summed E-state index contributed by atoms with van der Waals surface area (Å²) in [5.41, 5.74) is 5.96. The van der Waals surface area contributed by atoms with Gasteiger partial charge in [-0.25, -0.2) is 4.39 Å². The van der Waals surface area contributed by atoms with Gasteiger partial charge in [0, 0.05) is 11.9 Å². The van der Waals surface area contributed by atoms with E-state index in [1.807, 2.05) is 6.07 Å². The molecule has 8 nitrogen and oxygen atoms in total. The topological polar surface area (TPSA) is 137 Å². The van der Waals surface area contributed by atoms with Gasteiger partial charge in [0.05, 0.1) is 29.5 Å². The summed E-state index contributed by atoms with van der Waals surface area (Å²) in [4.78, 5) is 11.7. The lowest BCUT2D eigenvalue weighted by Gasteiger charge is -2.25. The number of carbonyl (C=O) groups excluding carboxylic acids is 1. The van der Waals surface area contributed by atoms with Gasteiger partial charge in [-0.2, -0.15) is 21.0 Å². The quantitative estimate of drug-likeness (QED) is 0.656. The van der Waals surface area contributed by atoms with E-state index in [4.69, 9.17) is 5.73 Å². The zero-order valence-electron chi connectivity index (χ0n) is 13.0. The second-order valence-corrected chi connectivity index (χ2v) is 8.08. The van der Waals surface area contributed by atoms with Crippen LogP contribution >= 0.6 is 10.6 Å². The average Bonchev–Trinajstić information content (AvgIpc) is 3.10. The molecule has 1 aromatic heterocycles. The Hall–Kier alpha value is -2.61. The van der Waals surface area contributed by atoms with Crippen molar-refractivity contribution in [3.05, 3.63) is 41.8 Å². The van der Waals surface area contributed by atoms with Crippen molar-refractivity contribution < 1.29 is 18.3 Å². The molecule has 2 aromatic rings. The minimum absolute atomic E-state index is 0.0128. The summed E-state index contributed by atoms with van der Waals surface area (Å²) in [6, 6.07) is 6.92. The number of nitrogens with one attached hydrogen (secondary N) is 1. The maximum absolute atomic E-state index is 13.0. The van der Waals surface area contributed by atoms with Crippen molar-refractivity contribution in [1.82, 2.24) is 9.78 Å². The monoisotopic (exact) mass is 365 g/mol. The number of nitrogens with two attached hydrogens (primary N) is 1. The van der Waals surface area contributed by atoms with E-state index in [0.717, 1.165) is 0 Å². The lowest BCUT2D eigenvalue weighted by Crippen LogP contribution is -2.17. The van der Waals surface area contributed by atoms with Gasteiger partial charge in [-0.05, 0) is 24.3 Å². The summed E-state index contributed by atoms with van der Waals surface area (Å²) in [6.07, 6.45) is 1.38. The van der Waals surface area contributed by atoms with Crippen LogP contribution in [0.25, 0.3) is 0 Å². The highest BCUT2D eigenvalue weighted by atomic mass is 32.3. The molecule has 2 atom stereocenters. The van der Waals surface area contributed by atoms with Crippen molar-refractivity contribution >= 4 is 28.0 Å². The first-order valence-electron chi connectivity index (χ1n) is 7.34. The first-order chi connectivity index (χ1) is 11.8. The average molecular weight is 365 g/mol. The van der Waals surface area contributed by atoms with Crippen molar-refractivity contribution in [3.63, 3.8) is 0 Å². The maximum atomic E-state index is 13.0. The molecule has 0 spiro atoms. The predicted octanol–water partition coefficient (Wildman–Crippen LogP) is 2.31. The van der Waals surface area contributed by atoms with Crippen molar-refractivity contribution in [2.24, 2.45) is 11.7 Å². The molecular formula is C15H16FN5O3S. The molecule has 1 fully saturated rings. The Kier molecular flexibility index (Phi) is 4.38. The van der Waals surface area contributed by atoms with Crippen LogP contribution in [0.1, 0.15) is 16.4 Å². The van der Waals surface area contributed by atoms with Crippen molar-refractivity contribution in [2.45, 2.75) is 6.04 Å². The van der Waals surface area contributed by atoms with Gasteiger partial charge in [0.25, 0.3) is 5.91 Å². The molecule has 0 bridgehead atoms. The van der Waals surface area contributed by atoms with Crippen LogP contribution in [0.3, 0.4) is 0 Å². The number of carbonyl (C=O) groups is 1. The summed E-state index contributed by atoms with van der Waals surface area (Å²) in [6.45, 7) is 0. The SMILES string of the molecule is N#C[C@@H]1CS(O)(O)C[C@H]1n1cc(C(N)=O)c(Nc2ccc(F)cc2)n1. The maximum Gasteiger partial charge on any atom is 0.254 e. The molecule has 1 aliphatic heterocycles. The number of nitriles is 1. The fourth-order valence-corrected chi connectivity index (χ4v) is 4.68. The zero-order chi connectivity index (χ0) is 18.2. The number of hydrogen-bond donors (Lipinski definition) is 4. The van der Waals surface area contributed by atoms with Crippen LogP contribution in [0.2, 0.25) is 0 Å². The molecule has 1 aliphatic rings. The van der Waals surface area contributed by atoms with E-state index in [9.17, 15) is 23.6 Å². The van der Waals surface area contributed by atoms with E-state index in [1.54, 1.807) is 0 Å². The smallest absolute Gasteiger partial charge is 0.254 e. The Bertz CT molecular complexity index is 846. The molecule has 1 amide bonds. The van der Waals surface area contributed by atoms with Gasteiger partial charge in [-0.3, -0.25) is 18.6 Å². The number of rotatable bonds is 4. The molecule has 0 saturated carbocycles. The van der Waals surface area contributed by atoms with Crippen LogP contribution in [-0.2, 0) is 0 Å². The van der Waals surface area contributed by atoms with Crippen molar-refractivity contribution in [3.8, 4) is 6.07 Å². The Morgan fingerprint density at radius 2 is 2.08 bits per heavy atom. The molecule has 5 N–H and O–H groups in total. The number of nitrogens with zero attached hydrogens (tertiary/aromatic N) is 3. The summed E-state index contributed by atoms with van der Waals surface area (Å²) >= 11 is 0. The number of hydrogen-bond acceptors (Lipinski definition) is 6. The van der Waals surface area contributed by atoms with Gasteiger partial charge < -0.3 is 11.1 Å². The van der Waals surface area contributed by atoms with Gasteiger partial charge in [-0.15, -0.1) is 0 Å². The molecule has 2 heterocycles. The van der Waals surface area contributed by atoms with Gasteiger partial charge in [0.2, 0.25) is 0 Å². The molecule has 1 saturated heterocycles. The number of primary amides is 1. The zero-order valence-corrected chi connectivity index (χ0v) is 13.8. The first-order valence-corrected chi connectivity index (χ1v) is 9.22. The molecule has 132 valence electrons. The summed E-state index contributed by atoms with van der Waals surface area (Å²) in [7, 11) is -2.85. The predicted molar refractivity (Wildman–Crippen MR) is 91.2 cm³/mol. The molecule has 1 aromatic carbocycles. The molecular weight excluding hydrogens is 349 g/mol. The van der Waals surface area contributed by atoms with Crippen LogP contribution in [0.4, 0.5) is 15.9 Å². The highest BCUT2D eigenvalue weighted by Gasteiger charge is 2.40. The van der Waals surface area contributed by atoms with Gasteiger partial charge in [-0.1, -0.05) is 0 Å². The minimum Gasteiger partial charge on any atom is -0.365 e. The molecule has 25 heavy (non-hydrogen) atoms. The summed E-state index contributed by atoms with van der Waals surface area (Å²) < 4.78 is 34.1. The third kappa shape index (κ3) is 3.58. The van der Waals surface area contributed by atoms with E-state index < -0.39 is 34.3 Å². The number of anilines is 2. The van der Waals surface area contributed by atoms with Gasteiger partial charge in [0.1, 0.15) is 11.4 Å². The standard InChI is InChI=1S/C15H16FN5O3S/c16-10-1-3-11(4-2-10)19-15-12(14(18)22)6-21(20-15)13-8-25(23,24)7-9(13)5-17/h1-4,6,9,13,23-24H,7-8H2,(H2,18,22)(H,19,20)/t9-,13-/m1/s1. The Morgan fingerprint density at radius 3 is 2.68 bits per heavy atom. The normalized spacial score (nSPS) is 23.0. The molecule has 0 unspecified atom stereocenters. The third-order valence-electron chi connectivity index (χ3n) is 3.96. The van der Waals surface area contributed by atoms with Crippen LogP contribution in [0, 0.1) is 23.1 Å². The number of amides is 1. The Labute approximate surface area is 144 Å².